The molecule has 2 rings (SSSR count). The largest absolute Gasteiger partial charge is 0.488 e. The number of carbonyl (C=O) groups excluding carboxylic acids is 1. The van der Waals surface area contributed by atoms with Crippen molar-refractivity contribution in [1.29, 1.82) is 5.26 Å². The molecule has 1 amide bonds. The molecule has 0 saturated carbocycles. The third-order valence-electron chi connectivity index (χ3n) is 3.15. The van der Waals surface area contributed by atoms with E-state index in [2.05, 4.69) is 10.5 Å². The van der Waals surface area contributed by atoms with Crippen molar-refractivity contribution in [3.05, 3.63) is 65.2 Å². The lowest BCUT2D eigenvalue weighted by atomic mass is 10.1. The van der Waals surface area contributed by atoms with Gasteiger partial charge in [0.1, 0.15) is 18.8 Å². The number of ether oxygens (including phenoxy) is 1. The molecule has 0 radical (unpaired) electrons. The molecular weight excluding hydrogens is 322 g/mol. The Kier molecular flexibility index (Phi) is 6.25. The third-order valence-corrected chi connectivity index (χ3v) is 3.15. The highest BCUT2D eigenvalue weighted by Gasteiger charge is 2.04. The Morgan fingerprint density at radius 3 is 2.60 bits per heavy atom. The number of hydrogen-bond acceptors (Lipinski definition) is 5. The van der Waals surface area contributed by atoms with Crippen molar-refractivity contribution in [2.24, 2.45) is 5.10 Å². The van der Waals surface area contributed by atoms with Crippen LogP contribution in [0.5, 0.6) is 5.75 Å². The lowest BCUT2D eigenvalue weighted by molar-refractivity contribution is -0.120. The third kappa shape index (κ3) is 5.48. The molecule has 0 fully saturated rings. The number of para-hydroxylation sites is 1. The number of nitrogens with zero attached hydrogens (tertiary/aromatic N) is 2. The van der Waals surface area contributed by atoms with Gasteiger partial charge in [-0.1, -0.05) is 24.3 Å². The summed E-state index contributed by atoms with van der Waals surface area (Å²) in [5.74, 6) is -0.911. The SMILES string of the molecule is N#CCC(=O)NN=Cc1ccccc1OCc1ccc(C(=O)O)cc1. The highest BCUT2D eigenvalue weighted by molar-refractivity contribution is 5.87. The molecule has 0 aliphatic heterocycles. The van der Waals surface area contributed by atoms with Crippen LogP contribution in [0.3, 0.4) is 0 Å². The molecule has 0 spiro atoms. The maximum Gasteiger partial charge on any atom is 0.335 e. The fourth-order valence-electron chi connectivity index (χ4n) is 1.91. The summed E-state index contributed by atoms with van der Waals surface area (Å²) in [6.07, 6.45) is 1.17. The van der Waals surface area contributed by atoms with E-state index in [1.54, 1.807) is 42.5 Å². The van der Waals surface area contributed by atoms with Gasteiger partial charge in [-0.25, -0.2) is 10.2 Å². The zero-order valence-electron chi connectivity index (χ0n) is 13.2. The van der Waals surface area contributed by atoms with E-state index in [9.17, 15) is 9.59 Å². The Morgan fingerprint density at radius 1 is 1.20 bits per heavy atom. The maximum atomic E-state index is 11.2. The zero-order chi connectivity index (χ0) is 18.1. The second-order valence-electron chi connectivity index (χ2n) is 4.96. The van der Waals surface area contributed by atoms with Crippen molar-refractivity contribution < 1.29 is 19.4 Å². The van der Waals surface area contributed by atoms with Gasteiger partial charge in [0.05, 0.1) is 17.8 Å². The zero-order valence-corrected chi connectivity index (χ0v) is 13.2. The predicted molar refractivity (Wildman–Crippen MR) is 90.1 cm³/mol. The molecule has 0 aliphatic carbocycles. The summed E-state index contributed by atoms with van der Waals surface area (Å²) in [7, 11) is 0. The van der Waals surface area contributed by atoms with E-state index in [0.717, 1.165) is 5.56 Å². The number of hydrogen-bond donors (Lipinski definition) is 2. The highest BCUT2D eigenvalue weighted by atomic mass is 16.5. The van der Waals surface area contributed by atoms with Gasteiger partial charge in [-0.2, -0.15) is 10.4 Å². The van der Waals surface area contributed by atoms with E-state index in [0.29, 0.717) is 11.3 Å². The van der Waals surface area contributed by atoms with Crippen molar-refractivity contribution in [1.82, 2.24) is 5.43 Å². The topological polar surface area (TPSA) is 112 Å². The van der Waals surface area contributed by atoms with Gasteiger partial charge in [0.2, 0.25) is 0 Å². The van der Waals surface area contributed by atoms with E-state index in [4.69, 9.17) is 15.1 Å². The van der Waals surface area contributed by atoms with Crippen LogP contribution in [0.1, 0.15) is 27.9 Å². The molecule has 2 aromatic rings. The Bertz CT molecular complexity index is 823. The average Bonchev–Trinajstić information content (AvgIpc) is 2.61. The van der Waals surface area contributed by atoms with Crippen LogP contribution in [-0.4, -0.2) is 23.2 Å². The van der Waals surface area contributed by atoms with Gasteiger partial charge in [0, 0.05) is 5.56 Å². The quantitative estimate of drug-likeness (QED) is 0.595. The number of rotatable bonds is 7. The lowest BCUT2D eigenvalue weighted by Crippen LogP contribution is -2.16. The molecule has 0 saturated heterocycles. The Morgan fingerprint density at radius 2 is 1.92 bits per heavy atom. The standard InChI is InChI=1S/C18H15N3O4/c19-10-9-17(22)21-20-11-15-3-1-2-4-16(15)25-12-13-5-7-14(8-6-13)18(23)24/h1-8,11H,9,12H2,(H,21,22)(H,23,24). The van der Waals surface area contributed by atoms with E-state index in [-0.39, 0.29) is 18.6 Å². The van der Waals surface area contributed by atoms with E-state index < -0.39 is 11.9 Å². The van der Waals surface area contributed by atoms with E-state index in [1.165, 1.54) is 18.3 Å². The van der Waals surface area contributed by atoms with E-state index >= 15 is 0 Å². The first kappa shape index (κ1) is 17.7. The average molecular weight is 337 g/mol. The number of nitriles is 1. The summed E-state index contributed by atoms with van der Waals surface area (Å²) < 4.78 is 5.72. The summed E-state index contributed by atoms with van der Waals surface area (Å²) in [6.45, 7) is 0.255. The molecule has 2 aromatic carbocycles. The van der Waals surface area contributed by atoms with Gasteiger partial charge in [-0.05, 0) is 29.8 Å². The van der Waals surface area contributed by atoms with Crippen LogP contribution in [0.15, 0.2) is 53.6 Å². The van der Waals surface area contributed by atoms with Crippen molar-refractivity contribution in [3.63, 3.8) is 0 Å². The number of nitrogens with one attached hydrogen (secondary N) is 1. The van der Waals surface area contributed by atoms with E-state index in [1.807, 2.05) is 0 Å². The van der Waals surface area contributed by atoms with Crippen molar-refractivity contribution >= 4 is 18.1 Å². The number of amides is 1. The van der Waals surface area contributed by atoms with Gasteiger partial charge in [-0.3, -0.25) is 4.79 Å². The fraction of sp³-hybridized carbons (Fsp3) is 0.111. The van der Waals surface area contributed by atoms with Gasteiger partial charge >= 0.3 is 5.97 Å². The van der Waals surface area contributed by atoms with Crippen molar-refractivity contribution in [2.45, 2.75) is 13.0 Å². The van der Waals surface area contributed by atoms with Gasteiger partial charge < -0.3 is 9.84 Å². The predicted octanol–water partition coefficient (Wildman–Crippen LogP) is 2.33. The monoisotopic (exact) mass is 337 g/mol. The summed E-state index contributed by atoms with van der Waals surface area (Å²) in [6, 6.07) is 15.2. The van der Waals surface area contributed by atoms with Crippen LogP contribution in [0, 0.1) is 11.3 Å². The summed E-state index contributed by atoms with van der Waals surface area (Å²) in [5.41, 5.74) is 3.93. The lowest BCUT2D eigenvalue weighted by Gasteiger charge is -2.09. The number of benzene rings is 2. The smallest absolute Gasteiger partial charge is 0.335 e. The molecule has 2 N–H and O–H groups in total. The minimum Gasteiger partial charge on any atom is -0.488 e. The summed E-state index contributed by atoms with van der Waals surface area (Å²) in [5, 5.41) is 21.1. The number of aromatic carboxylic acids is 1. The van der Waals surface area contributed by atoms with Crippen LogP contribution < -0.4 is 10.2 Å². The van der Waals surface area contributed by atoms with Gasteiger partial charge in [0.25, 0.3) is 5.91 Å². The summed E-state index contributed by atoms with van der Waals surface area (Å²) in [4.78, 5) is 22.0. The first-order valence-corrected chi connectivity index (χ1v) is 7.33. The van der Waals surface area contributed by atoms with Crippen LogP contribution in [-0.2, 0) is 11.4 Å². The van der Waals surface area contributed by atoms with Gasteiger partial charge in [-0.15, -0.1) is 0 Å². The molecule has 0 aromatic heterocycles. The molecule has 0 aliphatic rings. The minimum atomic E-state index is -0.979. The van der Waals surface area contributed by atoms with Crippen molar-refractivity contribution in [2.75, 3.05) is 0 Å². The van der Waals surface area contributed by atoms with Crippen molar-refractivity contribution in [3.8, 4) is 11.8 Å². The molecule has 7 nitrogen and oxygen atoms in total. The molecule has 25 heavy (non-hydrogen) atoms. The van der Waals surface area contributed by atoms with Crippen LogP contribution in [0.4, 0.5) is 0 Å². The first-order chi connectivity index (χ1) is 12.1. The normalized spacial score (nSPS) is 10.2. The first-order valence-electron chi connectivity index (χ1n) is 7.33. The van der Waals surface area contributed by atoms with Crippen LogP contribution in [0.25, 0.3) is 0 Å². The Balaban J connectivity index is 2.00. The molecule has 126 valence electrons. The molecule has 0 heterocycles. The Labute approximate surface area is 144 Å². The second-order valence-corrected chi connectivity index (χ2v) is 4.96. The molecular formula is C18H15N3O4. The minimum absolute atomic E-state index is 0.212. The second kappa shape index (κ2) is 8.84. The highest BCUT2D eigenvalue weighted by Crippen LogP contribution is 2.18. The van der Waals surface area contributed by atoms with Gasteiger partial charge in [0.15, 0.2) is 0 Å². The fourth-order valence-corrected chi connectivity index (χ4v) is 1.91. The number of carboxylic acids is 1. The molecule has 0 bridgehead atoms. The van der Waals surface area contributed by atoms with Crippen LogP contribution in [0.2, 0.25) is 0 Å². The molecule has 0 atom stereocenters. The Hall–Kier alpha value is -3.66. The number of carboxylic acid groups (broad SMARTS) is 1. The number of hydrazone groups is 1. The summed E-state index contributed by atoms with van der Waals surface area (Å²) >= 11 is 0. The maximum absolute atomic E-state index is 11.2. The van der Waals surface area contributed by atoms with Crippen LogP contribution >= 0.6 is 0 Å². The number of carbonyl (C=O) groups is 2. The molecule has 7 heteroatoms. The molecule has 0 unspecified atom stereocenters.